The first-order chi connectivity index (χ1) is 12.0. The third kappa shape index (κ3) is 2.49. The standard InChI is InChI=1S/C20H23ClN2O2/c21-16-8-15-12(2-4-23-19(15)24)7-18(16)25-20-3-1-17(22)14-6-11(9-20)5-13(14)10-20/h2,4,7-8,11,13-14,17H,1,3,5-6,9-10,22H2,(H,23,24). The van der Waals surface area contributed by atoms with Gasteiger partial charge in [0, 0.05) is 17.6 Å². The molecule has 1 aromatic carbocycles. The maximum Gasteiger partial charge on any atom is 0.255 e. The van der Waals surface area contributed by atoms with Crippen LogP contribution in [0.25, 0.3) is 10.8 Å². The molecular weight excluding hydrogens is 336 g/mol. The third-order valence-corrected chi connectivity index (χ3v) is 7.07. The molecule has 1 aromatic heterocycles. The highest BCUT2D eigenvalue weighted by Crippen LogP contribution is 2.56. The minimum Gasteiger partial charge on any atom is -0.486 e. The molecule has 4 nitrogen and oxygen atoms in total. The SMILES string of the molecule is NC1CCC2(Oc3cc4cc[nH]c(=O)c4cc3Cl)CC3CC(C2)C1C3. The van der Waals surface area contributed by atoms with Crippen LogP contribution in [0.1, 0.15) is 38.5 Å². The van der Waals surface area contributed by atoms with Crippen molar-refractivity contribution in [3.63, 3.8) is 0 Å². The van der Waals surface area contributed by atoms with Gasteiger partial charge < -0.3 is 15.5 Å². The zero-order chi connectivity index (χ0) is 17.2. The summed E-state index contributed by atoms with van der Waals surface area (Å²) in [7, 11) is 0. The predicted molar refractivity (Wildman–Crippen MR) is 99.1 cm³/mol. The summed E-state index contributed by atoms with van der Waals surface area (Å²) in [5.74, 6) is 2.80. The minimum atomic E-state index is -0.144. The van der Waals surface area contributed by atoms with Crippen LogP contribution in [-0.2, 0) is 0 Å². The van der Waals surface area contributed by atoms with Gasteiger partial charge in [0.1, 0.15) is 11.4 Å². The number of nitrogens with one attached hydrogen (secondary N) is 1. The molecule has 0 amide bonds. The molecule has 5 heteroatoms. The van der Waals surface area contributed by atoms with Crippen molar-refractivity contribution < 1.29 is 4.74 Å². The van der Waals surface area contributed by atoms with E-state index in [4.69, 9.17) is 22.1 Å². The van der Waals surface area contributed by atoms with Crippen molar-refractivity contribution in [2.75, 3.05) is 0 Å². The van der Waals surface area contributed by atoms with Gasteiger partial charge in [-0.15, -0.1) is 0 Å². The smallest absolute Gasteiger partial charge is 0.255 e. The van der Waals surface area contributed by atoms with Crippen molar-refractivity contribution in [3.05, 3.63) is 39.8 Å². The van der Waals surface area contributed by atoms with Crippen molar-refractivity contribution in [2.45, 2.75) is 50.2 Å². The summed E-state index contributed by atoms with van der Waals surface area (Å²) >= 11 is 6.48. The lowest BCUT2D eigenvalue weighted by Crippen LogP contribution is -2.41. The fourth-order valence-corrected chi connectivity index (χ4v) is 5.97. The average molecular weight is 359 g/mol. The zero-order valence-corrected chi connectivity index (χ0v) is 14.9. The van der Waals surface area contributed by atoms with Crippen molar-refractivity contribution in [1.29, 1.82) is 0 Å². The van der Waals surface area contributed by atoms with Crippen LogP contribution in [0.15, 0.2) is 29.2 Å². The molecule has 0 spiro atoms. The lowest BCUT2D eigenvalue weighted by Gasteiger charge is -2.40. The van der Waals surface area contributed by atoms with Crippen LogP contribution in [-0.4, -0.2) is 16.6 Å². The number of benzene rings is 1. The van der Waals surface area contributed by atoms with E-state index in [2.05, 4.69) is 4.98 Å². The predicted octanol–water partition coefficient (Wildman–Crippen LogP) is 3.86. The third-order valence-electron chi connectivity index (χ3n) is 6.78. The van der Waals surface area contributed by atoms with Gasteiger partial charge in [-0.1, -0.05) is 11.6 Å². The van der Waals surface area contributed by atoms with E-state index in [1.165, 1.54) is 12.8 Å². The van der Waals surface area contributed by atoms with E-state index in [1.54, 1.807) is 12.3 Å². The molecule has 3 saturated carbocycles. The van der Waals surface area contributed by atoms with E-state index >= 15 is 0 Å². The lowest BCUT2D eigenvalue weighted by molar-refractivity contribution is -0.000465. The molecular formula is C20H23ClN2O2. The fraction of sp³-hybridized carbons (Fsp3) is 0.550. The number of ether oxygens (including phenoxy) is 1. The molecule has 2 aromatic rings. The first-order valence-electron chi connectivity index (χ1n) is 9.29. The number of hydrogen-bond acceptors (Lipinski definition) is 3. The molecule has 3 aliphatic carbocycles. The Morgan fingerprint density at radius 1 is 1.28 bits per heavy atom. The molecule has 3 aliphatic rings. The topological polar surface area (TPSA) is 68.1 Å². The Bertz CT molecular complexity index is 895. The summed E-state index contributed by atoms with van der Waals surface area (Å²) in [6.45, 7) is 0. The first kappa shape index (κ1) is 15.7. The highest BCUT2D eigenvalue weighted by molar-refractivity contribution is 6.32. The van der Waals surface area contributed by atoms with Crippen molar-refractivity contribution in [3.8, 4) is 5.75 Å². The van der Waals surface area contributed by atoms with Crippen LogP contribution in [0.3, 0.4) is 0 Å². The molecule has 1 heterocycles. The zero-order valence-electron chi connectivity index (χ0n) is 14.1. The van der Waals surface area contributed by atoms with Crippen LogP contribution in [0.4, 0.5) is 0 Å². The Balaban J connectivity index is 1.54. The molecule has 5 rings (SSSR count). The first-order valence-corrected chi connectivity index (χ1v) is 9.66. The van der Waals surface area contributed by atoms with Gasteiger partial charge in [-0.3, -0.25) is 4.79 Å². The Kier molecular flexibility index (Phi) is 3.45. The molecule has 0 saturated heterocycles. The highest BCUT2D eigenvalue weighted by Gasteiger charge is 2.53. The Morgan fingerprint density at radius 3 is 3.04 bits per heavy atom. The van der Waals surface area contributed by atoms with E-state index < -0.39 is 0 Å². The number of nitrogens with two attached hydrogens (primary N) is 1. The van der Waals surface area contributed by atoms with Gasteiger partial charge in [0.25, 0.3) is 5.56 Å². The van der Waals surface area contributed by atoms with Gasteiger partial charge in [-0.25, -0.2) is 0 Å². The number of halogens is 1. The van der Waals surface area contributed by atoms with Crippen molar-refractivity contribution in [2.24, 2.45) is 23.5 Å². The number of aromatic amines is 1. The van der Waals surface area contributed by atoms with Gasteiger partial charge in [-0.2, -0.15) is 0 Å². The highest BCUT2D eigenvalue weighted by atomic mass is 35.5. The second kappa shape index (κ2) is 5.49. The number of H-pyrrole nitrogens is 1. The van der Waals surface area contributed by atoms with Crippen LogP contribution in [0.2, 0.25) is 5.02 Å². The Morgan fingerprint density at radius 2 is 2.16 bits per heavy atom. The van der Waals surface area contributed by atoms with Gasteiger partial charge in [0.2, 0.25) is 0 Å². The summed E-state index contributed by atoms with van der Waals surface area (Å²) in [6.07, 6.45) is 8.46. The summed E-state index contributed by atoms with van der Waals surface area (Å²) in [4.78, 5) is 14.7. The average Bonchev–Trinajstić information content (AvgIpc) is 2.85. The summed E-state index contributed by atoms with van der Waals surface area (Å²) < 4.78 is 6.62. The molecule has 0 aliphatic heterocycles. The molecule has 5 atom stereocenters. The van der Waals surface area contributed by atoms with Crippen LogP contribution < -0.4 is 16.0 Å². The lowest BCUT2D eigenvalue weighted by atomic mass is 9.76. The Labute approximate surface area is 151 Å². The van der Waals surface area contributed by atoms with Crippen LogP contribution in [0, 0.1) is 17.8 Å². The van der Waals surface area contributed by atoms with E-state index in [9.17, 15) is 4.79 Å². The summed E-state index contributed by atoms with van der Waals surface area (Å²) in [5, 5.41) is 1.98. The van der Waals surface area contributed by atoms with Crippen LogP contribution in [0.5, 0.6) is 5.75 Å². The minimum absolute atomic E-state index is 0.122. The number of fused-ring (bicyclic) bond motifs is 3. The van der Waals surface area contributed by atoms with Gasteiger partial charge in [0.05, 0.1) is 5.02 Å². The summed E-state index contributed by atoms with van der Waals surface area (Å²) in [6, 6.07) is 5.85. The van der Waals surface area contributed by atoms with Crippen molar-refractivity contribution in [1.82, 2.24) is 4.98 Å². The van der Waals surface area contributed by atoms with E-state index in [-0.39, 0.29) is 11.2 Å². The summed E-state index contributed by atoms with van der Waals surface area (Å²) in [5.41, 5.74) is 6.19. The molecule has 3 fully saturated rings. The van der Waals surface area contributed by atoms with E-state index in [1.807, 2.05) is 12.1 Å². The molecule has 5 unspecified atom stereocenters. The molecule has 132 valence electrons. The number of hydrogen-bond donors (Lipinski definition) is 2. The second-order valence-electron chi connectivity index (χ2n) is 8.33. The number of pyridine rings is 1. The fourth-order valence-electron chi connectivity index (χ4n) is 5.77. The molecule has 3 N–H and O–H groups in total. The Hall–Kier alpha value is -1.52. The van der Waals surface area contributed by atoms with Gasteiger partial charge in [-0.05, 0) is 79.9 Å². The number of rotatable bonds is 2. The van der Waals surface area contributed by atoms with Crippen LogP contribution >= 0.6 is 11.6 Å². The molecule has 0 radical (unpaired) electrons. The van der Waals surface area contributed by atoms with Crippen molar-refractivity contribution >= 4 is 22.4 Å². The normalized spacial score (nSPS) is 36.6. The van der Waals surface area contributed by atoms with Gasteiger partial charge >= 0.3 is 0 Å². The van der Waals surface area contributed by atoms with E-state index in [0.717, 1.165) is 37.0 Å². The quantitative estimate of drug-likeness (QED) is 0.856. The maximum atomic E-state index is 12.0. The molecule has 3 bridgehead atoms. The monoisotopic (exact) mass is 358 g/mol. The van der Waals surface area contributed by atoms with Gasteiger partial charge in [0.15, 0.2) is 0 Å². The second-order valence-corrected chi connectivity index (χ2v) is 8.74. The largest absolute Gasteiger partial charge is 0.486 e. The number of aromatic nitrogens is 1. The molecule has 25 heavy (non-hydrogen) atoms. The van der Waals surface area contributed by atoms with E-state index in [0.29, 0.717) is 34.0 Å². The maximum absolute atomic E-state index is 12.0.